The summed E-state index contributed by atoms with van der Waals surface area (Å²) in [5.74, 6) is 1.25. The Balaban J connectivity index is 1.46. The smallest absolute Gasteiger partial charge is 0.236 e. The van der Waals surface area contributed by atoms with Crippen LogP contribution in [0.2, 0.25) is 0 Å². The highest BCUT2D eigenvalue weighted by Crippen LogP contribution is 2.25. The summed E-state index contributed by atoms with van der Waals surface area (Å²) in [5, 5.41) is 0.809. The Kier molecular flexibility index (Phi) is 6.16. The first-order chi connectivity index (χ1) is 15.2. The summed E-state index contributed by atoms with van der Waals surface area (Å²) in [6.45, 7) is 1.75. The van der Waals surface area contributed by atoms with Gasteiger partial charge in [-0.05, 0) is 38.4 Å². The van der Waals surface area contributed by atoms with Crippen LogP contribution < -0.4 is 4.74 Å². The van der Waals surface area contributed by atoms with Crippen LogP contribution in [0.3, 0.4) is 0 Å². The summed E-state index contributed by atoms with van der Waals surface area (Å²) in [4.78, 5) is 24.9. The first kappa shape index (κ1) is 22.2. The van der Waals surface area contributed by atoms with Gasteiger partial charge in [-0.1, -0.05) is 0 Å². The number of nitrogens with zero attached hydrogens (tertiary/aromatic N) is 5. The van der Waals surface area contributed by atoms with Crippen LogP contribution in [0.15, 0.2) is 47.8 Å². The van der Waals surface area contributed by atoms with Crippen molar-refractivity contribution in [3.63, 3.8) is 0 Å². The average Bonchev–Trinajstić information content (AvgIpc) is 3.17. The van der Waals surface area contributed by atoms with E-state index in [4.69, 9.17) is 4.74 Å². The van der Waals surface area contributed by atoms with Gasteiger partial charge in [-0.25, -0.2) is 18.4 Å². The fourth-order valence-corrected chi connectivity index (χ4v) is 4.50. The van der Waals surface area contributed by atoms with E-state index >= 15 is 0 Å². The predicted molar refractivity (Wildman–Crippen MR) is 121 cm³/mol. The topological polar surface area (TPSA) is 97.6 Å². The number of carbonyl (C=O) groups excluding carboxylic acids is 1. The summed E-state index contributed by atoms with van der Waals surface area (Å²) < 4.78 is 31.6. The van der Waals surface area contributed by atoms with Crippen LogP contribution in [0.5, 0.6) is 5.88 Å². The molecule has 3 heterocycles. The third kappa shape index (κ3) is 4.91. The number of aromatic nitrogens is 3. The quantitative estimate of drug-likeness (QED) is 0.556. The zero-order valence-corrected chi connectivity index (χ0v) is 19.2. The second kappa shape index (κ2) is 8.87. The van der Waals surface area contributed by atoms with E-state index in [1.54, 1.807) is 24.3 Å². The van der Waals surface area contributed by atoms with E-state index < -0.39 is 9.84 Å². The minimum Gasteiger partial charge on any atom is -0.474 e. The van der Waals surface area contributed by atoms with Crippen LogP contribution in [-0.2, 0) is 14.6 Å². The Bertz CT molecular complexity index is 1230. The molecular formula is C22H27N5O4S. The molecule has 10 heteroatoms. The molecule has 1 aliphatic rings. The standard InChI is InChI=1S/C22H27N5O4S/c1-25(2)14-22(28)26-9-7-17(8-10-26)31-21-13-20(23-15-24-21)27-11-6-16-12-18(32(3,29)30)4-5-19(16)27/h4-6,11-13,15,17H,7-10,14H2,1-3H3. The minimum absolute atomic E-state index is 0.0140. The van der Waals surface area contributed by atoms with Gasteiger partial charge in [-0.2, -0.15) is 0 Å². The number of sulfone groups is 1. The van der Waals surface area contributed by atoms with E-state index in [1.165, 1.54) is 12.6 Å². The molecule has 0 aliphatic carbocycles. The molecule has 0 unspecified atom stereocenters. The number of piperidine rings is 1. The van der Waals surface area contributed by atoms with Gasteiger partial charge in [-0.3, -0.25) is 4.79 Å². The molecular weight excluding hydrogens is 430 g/mol. The molecule has 9 nitrogen and oxygen atoms in total. The summed E-state index contributed by atoms with van der Waals surface area (Å²) in [5.41, 5.74) is 0.842. The van der Waals surface area contributed by atoms with Crippen LogP contribution in [-0.4, -0.2) is 84.7 Å². The molecule has 0 atom stereocenters. The third-order valence-corrected chi connectivity index (χ3v) is 6.61. The van der Waals surface area contributed by atoms with Crippen molar-refractivity contribution in [3.8, 4) is 11.7 Å². The molecule has 3 aromatic rings. The molecule has 1 fully saturated rings. The van der Waals surface area contributed by atoms with E-state index in [0.29, 0.717) is 31.3 Å². The van der Waals surface area contributed by atoms with Crippen molar-refractivity contribution in [1.29, 1.82) is 0 Å². The second-order valence-corrected chi connectivity index (χ2v) is 10.3. The number of benzene rings is 1. The SMILES string of the molecule is CN(C)CC(=O)N1CCC(Oc2cc(-n3ccc4cc(S(C)(=O)=O)ccc43)ncn2)CC1. The average molecular weight is 458 g/mol. The van der Waals surface area contributed by atoms with Crippen LogP contribution in [0.25, 0.3) is 16.7 Å². The molecule has 0 spiro atoms. The maximum atomic E-state index is 12.2. The molecule has 0 saturated carbocycles. The first-order valence-corrected chi connectivity index (χ1v) is 12.3. The largest absolute Gasteiger partial charge is 0.474 e. The van der Waals surface area contributed by atoms with Gasteiger partial charge in [0.1, 0.15) is 18.2 Å². The summed E-state index contributed by atoms with van der Waals surface area (Å²) in [6, 6.07) is 8.65. The maximum absolute atomic E-state index is 12.2. The summed E-state index contributed by atoms with van der Waals surface area (Å²) >= 11 is 0. The zero-order chi connectivity index (χ0) is 22.9. The Morgan fingerprint density at radius 1 is 1.16 bits per heavy atom. The lowest BCUT2D eigenvalue weighted by Gasteiger charge is -2.32. The number of fused-ring (bicyclic) bond motifs is 1. The number of ether oxygens (including phenoxy) is 1. The van der Waals surface area contributed by atoms with Crippen molar-refractivity contribution in [2.45, 2.75) is 23.8 Å². The van der Waals surface area contributed by atoms with E-state index in [0.717, 1.165) is 23.7 Å². The van der Waals surface area contributed by atoms with E-state index in [9.17, 15) is 13.2 Å². The van der Waals surface area contributed by atoms with Gasteiger partial charge in [0.15, 0.2) is 9.84 Å². The summed E-state index contributed by atoms with van der Waals surface area (Å²) in [7, 11) is 0.506. The molecule has 0 bridgehead atoms. The Morgan fingerprint density at radius 2 is 1.91 bits per heavy atom. The maximum Gasteiger partial charge on any atom is 0.236 e. The fraction of sp³-hybridized carbons (Fsp3) is 0.409. The van der Waals surface area contributed by atoms with E-state index in [1.807, 2.05) is 40.7 Å². The number of likely N-dealkylation sites (N-methyl/N-ethyl adjacent to an activating group) is 1. The predicted octanol–water partition coefficient (Wildman–Crippen LogP) is 1.76. The highest BCUT2D eigenvalue weighted by Gasteiger charge is 2.24. The van der Waals surface area contributed by atoms with Crippen LogP contribution >= 0.6 is 0 Å². The lowest BCUT2D eigenvalue weighted by molar-refractivity contribution is -0.133. The Hall–Kier alpha value is -2.98. The molecule has 1 saturated heterocycles. The zero-order valence-electron chi connectivity index (χ0n) is 18.4. The van der Waals surface area contributed by atoms with Gasteiger partial charge < -0.3 is 19.1 Å². The fourth-order valence-electron chi connectivity index (χ4n) is 3.84. The van der Waals surface area contributed by atoms with Crippen LogP contribution in [0.4, 0.5) is 0 Å². The van der Waals surface area contributed by atoms with Crippen molar-refractivity contribution in [2.24, 2.45) is 0 Å². The first-order valence-electron chi connectivity index (χ1n) is 10.4. The summed E-state index contributed by atoms with van der Waals surface area (Å²) in [6.07, 6.45) is 5.98. The molecule has 2 aromatic heterocycles. The lowest BCUT2D eigenvalue weighted by atomic mass is 10.1. The molecule has 0 N–H and O–H groups in total. The van der Waals surface area contributed by atoms with Crippen molar-refractivity contribution in [1.82, 2.24) is 24.3 Å². The number of hydrogen-bond donors (Lipinski definition) is 0. The van der Waals surface area contributed by atoms with Gasteiger partial charge in [0.25, 0.3) is 0 Å². The highest BCUT2D eigenvalue weighted by atomic mass is 32.2. The molecule has 1 aromatic carbocycles. The van der Waals surface area contributed by atoms with Gasteiger partial charge in [0.05, 0.1) is 17.0 Å². The second-order valence-electron chi connectivity index (χ2n) is 8.33. The molecule has 170 valence electrons. The highest BCUT2D eigenvalue weighted by molar-refractivity contribution is 7.90. The molecule has 4 rings (SSSR count). The van der Waals surface area contributed by atoms with E-state index in [-0.39, 0.29) is 16.9 Å². The Labute approximate surface area is 187 Å². The van der Waals surface area contributed by atoms with Crippen LogP contribution in [0.1, 0.15) is 12.8 Å². The Morgan fingerprint density at radius 3 is 2.59 bits per heavy atom. The van der Waals surface area contributed by atoms with Crippen molar-refractivity contribution in [3.05, 3.63) is 42.9 Å². The van der Waals surface area contributed by atoms with Crippen molar-refractivity contribution < 1.29 is 17.9 Å². The van der Waals surface area contributed by atoms with Gasteiger partial charge in [0, 0.05) is 49.8 Å². The van der Waals surface area contributed by atoms with Crippen molar-refractivity contribution >= 4 is 26.6 Å². The molecule has 1 amide bonds. The number of amides is 1. The lowest BCUT2D eigenvalue weighted by Crippen LogP contribution is -2.45. The van der Waals surface area contributed by atoms with Gasteiger partial charge in [0.2, 0.25) is 11.8 Å². The minimum atomic E-state index is -3.27. The number of carbonyl (C=O) groups is 1. The van der Waals surface area contributed by atoms with Gasteiger partial charge in [-0.15, -0.1) is 0 Å². The number of hydrogen-bond acceptors (Lipinski definition) is 7. The van der Waals surface area contributed by atoms with Gasteiger partial charge >= 0.3 is 0 Å². The monoisotopic (exact) mass is 457 g/mol. The normalized spacial score (nSPS) is 15.4. The molecule has 32 heavy (non-hydrogen) atoms. The molecule has 1 aliphatic heterocycles. The number of likely N-dealkylation sites (tertiary alicyclic amines) is 1. The van der Waals surface area contributed by atoms with Crippen molar-refractivity contribution in [2.75, 3.05) is 40.0 Å². The number of rotatable bonds is 6. The molecule has 0 radical (unpaired) electrons. The third-order valence-electron chi connectivity index (χ3n) is 5.50. The van der Waals surface area contributed by atoms with E-state index in [2.05, 4.69) is 9.97 Å². The van der Waals surface area contributed by atoms with Crippen LogP contribution in [0, 0.1) is 0 Å².